The highest BCUT2D eigenvalue weighted by Crippen LogP contribution is 2.39. The summed E-state index contributed by atoms with van der Waals surface area (Å²) in [5.41, 5.74) is -1.31. The van der Waals surface area contributed by atoms with Gasteiger partial charge in [0.25, 0.3) is 0 Å². The van der Waals surface area contributed by atoms with Crippen LogP contribution >= 0.6 is 23.1 Å². The van der Waals surface area contributed by atoms with Gasteiger partial charge in [-0.25, -0.2) is 14.2 Å². The number of carbonyl (C=O) groups is 2. The topological polar surface area (TPSA) is 96.7 Å². The first kappa shape index (κ1) is 27.4. The Morgan fingerprint density at radius 1 is 1.36 bits per heavy atom. The summed E-state index contributed by atoms with van der Waals surface area (Å²) in [6.45, 7) is 2.84. The Morgan fingerprint density at radius 2 is 2.09 bits per heavy atom. The summed E-state index contributed by atoms with van der Waals surface area (Å²) < 4.78 is 43.6. The Bertz CT molecular complexity index is 883. The zero-order chi connectivity index (χ0) is 24.6. The first-order valence-electron chi connectivity index (χ1n) is 10.6. The van der Waals surface area contributed by atoms with Gasteiger partial charge in [0, 0.05) is 30.4 Å². The number of aromatic nitrogens is 1. The van der Waals surface area contributed by atoms with Crippen LogP contribution in [0.3, 0.4) is 0 Å². The predicted octanol–water partition coefficient (Wildman–Crippen LogP) is 5.84. The zero-order valence-corrected chi connectivity index (χ0v) is 20.1. The number of carboxylic acids is 1. The summed E-state index contributed by atoms with van der Waals surface area (Å²) in [4.78, 5) is 26.5. The highest BCUT2D eigenvalue weighted by molar-refractivity contribution is 8.01. The van der Waals surface area contributed by atoms with E-state index in [0.717, 1.165) is 6.42 Å². The molecule has 1 aliphatic carbocycles. The van der Waals surface area contributed by atoms with Crippen LogP contribution in [0.2, 0.25) is 0 Å². The minimum Gasteiger partial charge on any atom is -0.476 e. The highest BCUT2D eigenvalue weighted by atomic mass is 32.2. The summed E-state index contributed by atoms with van der Waals surface area (Å²) in [5, 5.41) is 20.8. The lowest BCUT2D eigenvalue weighted by molar-refractivity contribution is -0.148. The molecule has 1 fully saturated rings. The van der Waals surface area contributed by atoms with Crippen LogP contribution in [0.15, 0.2) is 33.8 Å². The number of aromatic carboxylic acids is 1. The quantitative estimate of drug-likeness (QED) is 0.209. The van der Waals surface area contributed by atoms with Crippen LogP contribution in [-0.2, 0) is 9.53 Å². The molecule has 0 aromatic carbocycles. The summed E-state index contributed by atoms with van der Waals surface area (Å²) >= 11 is 2.71. The SMILES string of the molecule is CC(=O)OC1CCC(C=CCC(C)(O)CCC(F)=C(F)F)C1CCSc1nc(C(=O)O)cs1. The van der Waals surface area contributed by atoms with Crippen LogP contribution in [0.1, 0.15) is 62.9 Å². The van der Waals surface area contributed by atoms with E-state index >= 15 is 0 Å². The first-order chi connectivity index (χ1) is 15.5. The van der Waals surface area contributed by atoms with Crippen LogP contribution in [-0.4, -0.2) is 44.6 Å². The molecule has 33 heavy (non-hydrogen) atoms. The largest absolute Gasteiger partial charge is 0.476 e. The summed E-state index contributed by atoms with van der Waals surface area (Å²) in [6, 6.07) is 0. The van der Waals surface area contributed by atoms with Crippen LogP contribution in [0.4, 0.5) is 13.2 Å². The van der Waals surface area contributed by atoms with Gasteiger partial charge in [-0.2, -0.15) is 8.78 Å². The van der Waals surface area contributed by atoms with E-state index in [1.165, 1.54) is 42.3 Å². The van der Waals surface area contributed by atoms with Crippen molar-refractivity contribution in [1.29, 1.82) is 0 Å². The zero-order valence-electron chi connectivity index (χ0n) is 18.4. The minimum atomic E-state index is -2.36. The lowest BCUT2D eigenvalue weighted by atomic mass is 9.90. The van der Waals surface area contributed by atoms with Crippen LogP contribution < -0.4 is 0 Å². The van der Waals surface area contributed by atoms with Gasteiger partial charge < -0.3 is 14.9 Å². The van der Waals surface area contributed by atoms with Crippen molar-refractivity contribution in [3.8, 4) is 0 Å². The molecule has 0 bridgehead atoms. The molecule has 1 saturated carbocycles. The molecule has 4 atom stereocenters. The summed E-state index contributed by atoms with van der Waals surface area (Å²) in [5.74, 6) is -2.13. The van der Waals surface area contributed by atoms with Crippen molar-refractivity contribution >= 4 is 35.0 Å². The summed E-state index contributed by atoms with van der Waals surface area (Å²) in [6.07, 6.45) is 2.84. The van der Waals surface area contributed by atoms with E-state index in [4.69, 9.17) is 9.84 Å². The monoisotopic (exact) mass is 507 g/mol. The maximum atomic E-state index is 13.0. The number of thiazole rings is 1. The third-order valence-electron chi connectivity index (χ3n) is 5.54. The Hall–Kier alpha value is -1.85. The van der Waals surface area contributed by atoms with Gasteiger partial charge in [0.1, 0.15) is 6.10 Å². The number of ether oxygens (including phenoxy) is 1. The fourth-order valence-electron chi connectivity index (χ4n) is 3.84. The van der Waals surface area contributed by atoms with Gasteiger partial charge in [0.2, 0.25) is 0 Å². The van der Waals surface area contributed by atoms with Gasteiger partial charge in [-0.05, 0) is 44.9 Å². The number of allylic oxidation sites excluding steroid dienone is 2. The molecular formula is C22H28F3NO5S2. The number of nitrogens with zero attached hydrogens (tertiary/aromatic N) is 1. The molecule has 0 saturated heterocycles. The Morgan fingerprint density at radius 3 is 2.70 bits per heavy atom. The smallest absolute Gasteiger partial charge is 0.355 e. The number of hydrogen-bond acceptors (Lipinski definition) is 7. The Kier molecular flexibility index (Phi) is 10.4. The van der Waals surface area contributed by atoms with Crippen LogP contribution in [0.25, 0.3) is 0 Å². The van der Waals surface area contributed by atoms with Crippen molar-refractivity contribution in [2.75, 3.05) is 5.75 Å². The number of rotatable bonds is 12. The third-order valence-corrected chi connectivity index (χ3v) is 7.59. The molecule has 0 aliphatic heterocycles. The van der Waals surface area contributed by atoms with E-state index in [0.29, 0.717) is 22.9 Å². The van der Waals surface area contributed by atoms with Crippen molar-refractivity contribution in [3.63, 3.8) is 0 Å². The number of hydrogen-bond donors (Lipinski definition) is 2. The maximum Gasteiger partial charge on any atom is 0.355 e. The average Bonchev–Trinajstić information content (AvgIpc) is 3.34. The fourth-order valence-corrected chi connectivity index (χ4v) is 5.75. The lowest BCUT2D eigenvalue weighted by Gasteiger charge is -2.24. The van der Waals surface area contributed by atoms with Crippen molar-refractivity contribution in [2.24, 2.45) is 11.8 Å². The normalized spacial score (nSPS) is 22.3. The summed E-state index contributed by atoms with van der Waals surface area (Å²) in [7, 11) is 0. The fraction of sp³-hybridized carbons (Fsp3) is 0.591. The molecule has 0 radical (unpaired) electrons. The Labute approximate surface area is 198 Å². The average molecular weight is 508 g/mol. The molecule has 2 rings (SSSR count). The molecule has 0 amide bonds. The number of carbonyl (C=O) groups excluding carboxylic acids is 1. The number of halogens is 3. The molecule has 11 heteroatoms. The van der Waals surface area contributed by atoms with E-state index in [1.54, 1.807) is 6.08 Å². The number of carboxylic acid groups (broad SMARTS) is 1. The number of aliphatic hydroxyl groups is 1. The van der Waals surface area contributed by atoms with E-state index in [9.17, 15) is 27.9 Å². The molecule has 6 nitrogen and oxygen atoms in total. The first-order valence-corrected chi connectivity index (χ1v) is 12.4. The third kappa shape index (κ3) is 9.13. The lowest BCUT2D eigenvalue weighted by Crippen LogP contribution is -2.25. The molecular weight excluding hydrogens is 479 g/mol. The van der Waals surface area contributed by atoms with Gasteiger partial charge in [-0.1, -0.05) is 23.9 Å². The standard InChI is InChI=1S/C22H28F3NO5S2/c1-13(27)31-18-6-5-14(4-3-9-22(2,30)10-7-16(23)19(24)25)15(18)8-11-32-21-26-17(12-33-21)20(28)29/h3-4,12,14-15,18,30H,5-11H2,1-2H3,(H,28,29). The number of thioether (sulfide) groups is 1. The second-order valence-electron chi connectivity index (χ2n) is 8.29. The Balaban J connectivity index is 1.94. The maximum absolute atomic E-state index is 13.0. The van der Waals surface area contributed by atoms with E-state index in [1.807, 2.05) is 6.08 Å². The van der Waals surface area contributed by atoms with Crippen molar-refractivity contribution < 1.29 is 37.7 Å². The minimum absolute atomic E-state index is 0.0126. The van der Waals surface area contributed by atoms with E-state index in [-0.39, 0.29) is 42.4 Å². The van der Waals surface area contributed by atoms with Gasteiger partial charge in [-0.15, -0.1) is 11.3 Å². The van der Waals surface area contributed by atoms with Gasteiger partial charge >= 0.3 is 18.0 Å². The van der Waals surface area contributed by atoms with Crippen molar-refractivity contribution in [3.05, 3.63) is 35.1 Å². The molecule has 4 unspecified atom stereocenters. The molecule has 184 valence electrons. The second-order valence-corrected chi connectivity index (χ2v) is 10.5. The van der Waals surface area contributed by atoms with Crippen LogP contribution in [0, 0.1) is 11.8 Å². The molecule has 1 aliphatic rings. The van der Waals surface area contributed by atoms with Crippen LogP contribution in [0.5, 0.6) is 0 Å². The van der Waals surface area contributed by atoms with Gasteiger partial charge in [0.05, 0.1) is 5.60 Å². The molecule has 1 heterocycles. The number of esters is 1. The highest BCUT2D eigenvalue weighted by Gasteiger charge is 2.36. The van der Waals surface area contributed by atoms with Crippen molar-refractivity contribution in [1.82, 2.24) is 4.98 Å². The molecule has 1 aromatic heterocycles. The van der Waals surface area contributed by atoms with Crippen molar-refractivity contribution in [2.45, 2.75) is 68.4 Å². The second kappa shape index (κ2) is 12.6. The molecule has 1 aromatic rings. The van der Waals surface area contributed by atoms with E-state index in [2.05, 4.69) is 4.98 Å². The van der Waals surface area contributed by atoms with E-state index < -0.39 is 29.9 Å². The predicted molar refractivity (Wildman–Crippen MR) is 120 cm³/mol. The molecule has 2 N–H and O–H groups in total. The van der Waals surface area contributed by atoms with Gasteiger partial charge in [-0.3, -0.25) is 4.79 Å². The molecule has 0 spiro atoms. The van der Waals surface area contributed by atoms with Gasteiger partial charge in [0.15, 0.2) is 15.9 Å².